The SMILES string of the molecule is CNCCN(C)C(=O)C1CNc2ccccc2O1. The zero-order chi connectivity index (χ0) is 13.0. The second kappa shape index (κ2) is 5.73. The summed E-state index contributed by atoms with van der Waals surface area (Å²) >= 11 is 0. The van der Waals surface area contributed by atoms with Crippen LogP contribution in [0.2, 0.25) is 0 Å². The zero-order valence-corrected chi connectivity index (χ0v) is 10.8. The van der Waals surface area contributed by atoms with Gasteiger partial charge in [-0.05, 0) is 19.2 Å². The molecule has 18 heavy (non-hydrogen) atoms. The van der Waals surface area contributed by atoms with Gasteiger partial charge in [-0.1, -0.05) is 12.1 Å². The van der Waals surface area contributed by atoms with Gasteiger partial charge < -0.3 is 20.3 Å². The molecule has 0 saturated heterocycles. The minimum Gasteiger partial charge on any atom is -0.477 e. The predicted octanol–water partition coefficient (Wildman–Crippen LogP) is 0.537. The van der Waals surface area contributed by atoms with Gasteiger partial charge in [0.2, 0.25) is 0 Å². The molecule has 0 bridgehead atoms. The van der Waals surface area contributed by atoms with Gasteiger partial charge in [-0.3, -0.25) is 4.79 Å². The number of hydrogen-bond acceptors (Lipinski definition) is 4. The largest absolute Gasteiger partial charge is 0.477 e. The molecule has 1 heterocycles. The Kier molecular flexibility index (Phi) is 4.04. The van der Waals surface area contributed by atoms with E-state index in [1.807, 2.05) is 31.3 Å². The molecule has 5 heteroatoms. The Morgan fingerprint density at radius 3 is 3.11 bits per heavy atom. The van der Waals surface area contributed by atoms with E-state index in [0.717, 1.165) is 18.0 Å². The smallest absolute Gasteiger partial charge is 0.265 e. The first-order valence-corrected chi connectivity index (χ1v) is 6.11. The minimum atomic E-state index is -0.443. The van der Waals surface area contributed by atoms with Crippen molar-refractivity contribution in [2.45, 2.75) is 6.10 Å². The lowest BCUT2D eigenvalue weighted by molar-refractivity contribution is -0.136. The Balaban J connectivity index is 1.98. The lowest BCUT2D eigenvalue weighted by Gasteiger charge is -2.29. The average Bonchev–Trinajstić information content (AvgIpc) is 2.43. The molecule has 1 aromatic carbocycles. The summed E-state index contributed by atoms with van der Waals surface area (Å²) in [6.07, 6.45) is -0.443. The maximum Gasteiger partial charge on any atom is 0.265 e. The molecule has 2 N–H and O–H groups in total. The van der Waals surface area contributed by atoms with E-state index in [-0.39, 0.29) is 5.91 Å². The molecule has 5 nitrogen and oxygen atoms in total. The Bertz CT molecular complexity index is 422. The maximum absolute atomic E-state index is 12.1. The topological polar surface area (TPSA) is 53.6 Å². The molecule has 0 aliphatic carbocycles. The van der Waals surface area contributed by atoms with Gasteiger partial charge in [0.15, 0.2) is 6.10 Å². The number of benzene rings is 1. The van der Waals surface area contributed by atoms with E-state index in [0.29, 0.717) is 13.1 Å². The van der Waals surface area contributed by atoms with Crippen LogP contribution >= 0.6 is 0 Å². The zero-order valence-electron chi connectivity index (χ0n) is 10.8. The third-order valence-electron chi connectivity index (χ3n) is 2.98. The second-order valence-electron chi connectivity index (χ2n) is 4.35. The molecule has 1 amide bonds. The molecule has 1 aliphatic rings. The first-order valence-electron chi connectivity index (χ1n) is 6.11. The van der Waals surface area contributed by atoms with Crippen LogP contribution in [0, 0.1) is 0 Å². The van der Waals surface area contributed by atoms with Crippen molar-refractivity contribution in [2.24, 2.45) is 0 Å². The van der Waals surface area contributed by atoms with Crippen molar-refractivity contribution in [2.75, 3.05) is 39.0 Å². The van der Waals surface area contributed by atoms with Crippen LogP contribution in [0.15, 0.2) is 24.3 Å². The van der Waals surface area contributed by atoms with Crippen LogP contribution in [0.5, 0.6) is 5.75 Å². The monoisotopic (exact) mass is 249 g/mol. The number of nitrogens with one attached hydrogen (secondary N) is 2. The van der Waals surface area contributed by atoms with E-state index in [2.05, 4.69) is 10.6 Å². The van der Waals surface area contributed by atoms with E-state index in [1.54, 1.807) is 11.9 Å². The van der Waals surface area contributed by atoms with Crippen molar-refractivity contribution in [3.63, 3.8) is 0 Å². The van der Waals surface area contributed by atoms with Gasteiger partial charge in [0, 0.05) is 20.1 Å². The normalized spacial score (nSPS) is 17.3. The quantitative estimate of drug-likeness (QED) is 0.817. The Morgan fingerprint density at radius 1 is 1.56 bits per heavy atom. The number of fused-ring (bicyclic) bond motifs is 1. The van der Waals surface area contributed by atoms with Gasteiger partial charge >= 0.3 is 0 Å². The van der Waals surface area contributed by atoms with E-state index < -0.39 is 6.10 Å². The van der Waals surface area contributed by atoms with Gasteiger partial charge in [-0.2, -0.15) is 0 Å². The van der Waals surface area contributed by atoms with Crippen molar-refractivity contribution in [3.8, 4) is 5.75 Å². The van der Waals surface area contributed by atoms with Gasteiger partial charge in [0.25, 0.3) is 5.91 Å². The number of carbonyl (C=O) groups excluding carboxylic acids is 1. The molecule has 0 saturated carbocycles. The van der Waals surface area contributed by atoms with E-state index in [4.69, 9.17) is 4.74 Å². The fourth-order valence-electron chi connectivity index (χ4n) is 1.89. The molecule has 2 rings (SSSR count). The van der Waals surface area contributed by atoms with Crippen molar-refractivity contribution in [3.05, 3.63) is 24.3 Å². The van der Waals surface area contributed by atoms with Crippen LogP contribution in [0.25, 0.3) is 0 Å². The molecule has 1 aromatic rings. The molecule has 0 spiro atoms. The summed E-state index contributed by atoms with van der Waals surface area (Å²) in [6, 6.07) is 7.66. The third kappa shape index (κ3) is 2.73. The van der Waals surface area contributed by atoms with Crippen LogP contribution in [-0.2, 0) is 4.79 Å². The Hall–Kier alpha value is -1.75. The van der Waals surface area contributed by atoms with Crippen LogP contribution in [0.1, 0.15) is 0 Å². The van der Waals surface area contributed by atoms with E-state index >= 15 is 0 Å². The first kappa shape index (κ1) is 12.7. The Labute approximate surface area is 107 Å². The highest BCUT2D eigenvalue weighted by Gasteiger charge is 2.27. The first-order chi connectivity index (χ1) is 8.72. The number of amides is 1. The van der Waals surface area contributed by atoms with Crippen molar-refractivity contribution in [1.29, 1.82) is 0 Å². The summed E-state index contributed by atoms with van der Waals surface area (Å²) in [5.41, 5.74) is 0.944. The fourth-order valence-corrected chi connectivity index (χ4v) is 1.89. The Morgan fingerprint density at radius 2 is 2.33 bits per heavy atom. The summed E-state index contributed by atoms with van der Waals surface area (Å²) in [4.78, 5) is 13.8. The van der Waals surface area contributed by atoms with E-state index in [9.17, 15) is 4.79 Å². The predicted molar refractivity (Wildman–Crippen MR) is 70.9 cm³/mol. The van der Waals surface area contributed by atoms with Crippen molar-refractivity contribution in [1.82, 2.24) is 10.2 Å². The van der Waals surface area contributed by atoms with Crippen LogP contribution in [0.4, 0.5) is 5.69 Å². The van der Waals surface area contributed by atoms with Crippen molar-refractivity contribution < 1.29 is 9.53 Å². The maximum atomic E-state index is 12.1. The minimum absolute atomic E-state index is 0.00672. The van der Waals surface area contributed by atoms with Crippen LogP contribution < -0.4 is 15.4 Å². The number of likely N-dealkylation sites (N-methyl/N-ethyl adjacent to an activating group) is 2. The third-order valence-corrected chi connectivity index (χ3v) is 2.98. The summed E-state index contributed by atoms with van der Waals surface area (Å²) in [6.45, 7) is 1.97. The number of nitrogens with zero attached hydrogens (tertiary/aromatic N) is 1. The molecule has 98 valence electrons. The molecule has 1 aliphatic heterocycles. The summed E-state index contributed by atoms with van der Waals surface area (Å²) in [5.74, 6) is 0.747. The molecule has 0 radical (unpaired) electrons. The number of hydrogen-bond donors (Lipinski definition) is 2. The van der Waals surface area contributed by atoms with Crippen LogP contribution in [-0.4, -0.2) is 50.6 Å². The highest BCUT2D eigenvalue weighted by Crippen LogP contribution is 2.28. The highest BCUT2D eigenvalue weighted by molar-refractivity contribution is 5.83. The number of rotatable bonds is 4. The molecule has 0 aromatic heterocycles. The van der Waals surface area contributed by atoms with Gasteiger partial charge in [0.05, 0.1) is 12.2 Å². The van der Waals surface area contributed by atoms with Gasteiger partial charge in [-0.15, -0.1) is 0 Å². The molecule has 0 fully saturated rings. The summed E-state index contributed by atoms with van der Waals surface area (Å²) in [7, 11) is 3.66. The molecular formula is C13H19N3O2. The van der Waals surface area contributed by atoms with E-state index in [1.165, 1.54) is 0 Å². The summed E-state index contributed by atoms with van der Waals surface area (Å²) in [5, 5.41) is 6.24. The fraction of sp³-hybridized carbons (Fsp3) is 0.462. The summed E-state index contributed by atoms with van der Waals surface area (Å²) < 4.78 is 5.72. The highest BCUT2D eigenvalue weighted by atomic mass is 16.5. The molecule has 1 atom stereocenters. The molecular weight excluding hydrogens is 230 g/mol. The lowest BCUT2D eigenvalue weighted by atomic mass is 10.2. The second-order valence-corrected chi connectivity index (χ2v) is 4.35. The number of ether oxygens (including phenoxy) is 1. The standard InChI is InChI=1S/C13H19N3O2/c1-14-7-8-16(2)13(17)12-9-15-10-5-3-4-6-11(10)18-12/h3-6,12,14-15H,7-9H2,1-2H3. The van der Waals surface area contributed by atoms with Crippen molar-refractivity contribution >= 4 is 11.6 Å². The van der Waals surface area contributed by atoms with Gasteiger partial charge in [0.1, 0.15) is 5.75 Å². The van der Waals surface area contributed by atoms with Gasteiger partial charge in [-0.25, -0.2) is 0 Å². The van der Waals surface area contributed by atoms with Crippen LogP contribution in [0.3, 0.4) is 0 Å². The number of carbonyl (C=O) groups is 1. The molecule has 1 unspecified atom stereocenters. The lowest BCUT2D eigenvalue weighted by Crippen LogP contribution is -2.46. The number of para-hydroxylation sites is 2. The number of anilines is 1. The average molecular weight is 249 g/mol.